The maximum absolute atomic E-state index is 12.8. The SMILES string of the molecule is O=C1c2nc3nonc3nc2-c2cccc(OCc3ccccn3)c21. The van der Waals surface area contributed by atoms with Crippen LogP contribution in [-0.2, 0) is 6.61 Å². The van der Waals surface area contributed by atoms with Gasteiger partial charge < -0.3 is 4.74 Å². The topological polar surface area (TPSA) is 104 Å². The Balaban J connectivity index is 1.58. The van der Waals surface area contributed by atoms with Gasteiger partial charge in [0.05, 0.1) is 11.3 Å². The molecule has 0 saturated heterocycles. The van der Waals surface area contributed by atoms with Crippen LogP contribution >= 0.6 is 0 Å². The average Bonchev–Trinajstić information content (AvgIpc) is 3.22. The van der Waals surface area contributed by atoms with E-state index < -0.39 is 0 Å². The number of carbonyl (C=O) groups is 1. The minimum atomic E-state index is -0.251. The Morgan fingerprint density at radius 1 is 0.960 bits per heavy atom. The molecule has 120 valence electrons. The van der Waals surface area contributed by atoms with Gasteiger partial charge in [-0.2, -0.15) is 0 Å². The number of fused-ring (bicyclic) bond motifs is 4. The quantitative estimate of drug-likeness (QED) is 0.495. The van der Waals surface area contributed by atoms with Crippen molar-refractivity contribution in [3.63, 3.8) is 0 Å². The first-order valence-electron chi connectivity index (χ1n) is 7.52. The van der Waals surface area contributed by atoms with Gasteiger partial charge in [0.2, 0.25) is 17.1 Å². The van der Waals surface area contributed by atoms with E-state index in [1.54, 1.807) is 18.3 Å². The maximum atomic E-state index is 12.8. The van der Waals surface area contributed by atoms with E-state index >= 15 is 0 Å². The lowest BCUT2D eigenvalue weighted by molar-refractivity contribution is 0.103. The first kappa shape index (κ1) is 13.7. The summed E-state index contributed by atoms with van der Waals surface area (Å²) in [5, 5.41) is 7.32. The van der Waals surface area contributed by atoms with E-state index in [2.05, 4.69) is 29.9 Å². The standard InChI is InChI=1S/C17H9N5O3/c23-15-12-10(13-14(15)20-17-16(19-13)21-25-22-17)5-3-6-11(12)24-8-9-4-1-2-7-18-9/h1-7H,8H2. The van der Waals surface area contributed by atoms with E-state index in [4.69, 9.17) is 4.74 Å². The second-order valence-corrected chi connectivity index (χ2v) is 5.45. The van der Waals surface area contributed by atoms with Gasteiger partial charge in [0.15, 0.2) is 0 Å². The zero-order valence-corrected chi connectivity index (χ0v) is 12.7. The molecular formula is C17H9N5O3. The van der Waals surface area contributed by atoms with Gasteiger partial charge in [0.25, 0.3) is 0 Å². The third-order valence-electron chi connectivity index (χ3n) is 3.94. The second-order valence-electron chi connectivity index (χ2n) is 5.45. The Kier molecular flexibility index (Phi) is 2.84. The molecule has 0 atom stereocenters. The van der Waals surface area contributed by atoms with Crippen LogP contribution in [0.1, 0.15) is 21.7 Å². The monoisotopic (exact) mass is 331 g/mol. The number of rotatable bonds is 3. The fourth-order valence-corrected chi connectivity index (χ4v) is 2.82. The minimum absolute atomic E-state index is 0.205. The normalized spacial score (nSPS) is 12.2. The largest absolute Gasteiger partial charge is 0.487 e. The number of benzene rings is 1. The van der Waals surface area contributed by atoms with E-state index in [0.29, 0.717) is 22.6 Å². The molecule has 3 heterocycles. The van der Waals surface area contributed by atoms with E-state index in [-0.39, 0.29) is 29.4 Å². The number of carbonyl (C=O) groups excluding carboxylic acids is 1. The van der Waals surface area contributed by atoms with E-state index in [1.807, 2.05) is 24.3 Å². The van der Waals surface area contributed by atoms with E-state index in [1.165, 1.54) is 0 Å². The Labute approximate surface area is 140 Å². The molecule has 25 heavy (non-hydrogen) atoms. The Bertz CT molecular complexity index is 1120. The summed E-state index contributed by atoms with van der Waals surface area (Å²) in [6, 6.07) is 10.9. The summed E-state index contributed by atoms with van der Waals surface area (Å²) in [5.74, 6) is 0.220. The van der Waals surface area contributed by atoms with Crippen molar-refractivity contribution in [3.8, 4) is 17.0 Å². The molecule has 8 nitrogen and oxygen atoms in total. The molecule has 0 N–H and O–H groups in total. The van der Waals surface area contributed by atoms with Crippen LogP contribution in [0.3, 0.4) is 0 Å². The van der Waals surface area contributed by atoms with Crippen LogP contribution < -0.4 is 4.74 Å². The lowest BCUT2D eigenvalue weighted by atomic mass is 10.1. The number of hydrogen-bond donors (Lipinski definition) is 0. The van der Waals surface area contributed by atoms with E-state index in [9.17, 15) is 4.79 Å². The van der Waals surface area contributed by atoms with Gasteiger partial charge in [-0.25, -0.2) is 14.6 Å². The van der Waals surface area contributed by atoms with Crippen molar-refractivity contribution in [1.29, 1.82) is 0 Å². The van der Waals surface area contributed by atoms with Crippen LogP contribution in [0.15, 0.2) is 47.2 Å². The average molecular weight is 331 g/mol. The molecule has 0 fully saturated rings. The van der Waals surface area contributed by atoms with Gasteiger partial charge in [0, 0.05) is 11.8 Å². The molecule has 0 amide bonds. The summed E-state index contributed by atoms with van der Waals surface area (Å²) in [5.41, 5.74) is 3.04. The number of hydrogen-bond acceptors (Lipinski definition) is 8. The zero-order valence-electron chi connectivity index (χ0n) is 12.7. The highest BCUT2D eigenvalue weighted by atomic mass is 16.6. The van der Waals surface area contributed by atoms with Gasteiger partial charge in [0.1, 0.15) is 23.7 Å². The predicted octanol–water partition coefficient (Wildman–Crippen LogP) is 2.20. The maximum Gasteiger partial charge on any atom is 0.244 e. The van der Waals surface area contributed by atoms with Gasteiger partial charge >= 0.3 is 0 Å². The van der Waals surface area contributed by atoms with Crippen LogP contribution in [0.5, 0.6) is 5.75 Å². The van der Waals surface area contributed by atoms with Crippen molar-refractivity contribution in [1.82, 2.24) is 25.3 Å². The van der Waals surface area contributed by atoms with E-state index in [0.717, 1.165) is 5.69 Å². The Morgan fingerprint density at radius 3 is 2.60 bits per heavy atom. The summed E-state index contributed by atoms with van der Waals surface area (Å²) in [6.45, 7) is 0.261. The highest BCUT2D eigenvalue weighted by Crippen LogP contribution is 2.39. The summed E-state index contributed by atoms with van der Waals surface area (Å²) >= 11 is 0. The lowest BCUT2D eigenvalue weighted by Gasteiger charge is -2.09. The zero-order chi connectivity index (χ0) is 16.8. The van der Waals surface area contributed by atoms with Crippen LogP contribution in [0, 0.1) is 0 Å². The Morgan fingerprint density at radius 2 is 1.80 bits per heavy atom. The van der Waals surface area contributed by atoms with Crippen molar-refractivity contribution >= 4 is 17.1 Å². The van der Waals surface area contributed by atoms with Crippen LogP contribution in [0.2, 0.25) is 0 Å². The molecule has 5 rings (SSSR count). The number of ether oxygens (including phenoxy) is 1. The molecule has 1 aliphatic carbocycles. The van der Waals surface area contributed by atoms with Gasteiger partial charge in [-0.15, -0.1) is 0 Å². The van der Waals surface area contributed by atoms with Crippen molar-refractivity contribution in [2.24, 2.45) is 0 Å². The summed E-state index contributed by atoms with van der Waals surface area (Å²) in [4.78, 5) is 25.6. The first-order chi connectivity index (χ1) is 12.3. The van der Waals surface area contributed by atoms with Crippen LogP contribution in [0.4, 0.5) is 0 Å². The number of pyridine rings is 1. The van der Waals surface area contributed by atoms with Crippen molar-refractivity contribution in [2.45, 2.75) is 6.61 Å². The molecule has 8 heteroatoms. The molecule has 4 aromatic rings. The molecule has 3 aromatic heterocycles. The summed E-state index contributed by atoms with van der Waals surface area (Å²) in [6.07, 6.45) is 1.69. The van der Waals surface area contributed by atoms with Crippen molar-refractivity contribution < 1.29 is 14.2 Å². The van der Waals surface area contributed by atoms with Gasteiger partial charge in [-0.05, 0) is 28.5 Å². The molecule has 1 aromatic carbocycles. The second kappa shape index (κ2) is 5.17. The fraction of sp³-hybridized carbons (Fsp3) is 0.0588. The highest BCUT2D eigenvalue weighted by molar-refractivity contribution is 6.21. The molecule has 1 aliphatic rings. The fourth-order valence-electron chi connectivity index (χ4n) is 2.82. The molecular weight excluding hydrogens is 322 g/mol. The summed E-state index contributed by atoms with van der Waals surface area (Å²) in [7, 11) is 0. The molecule has 0 bridgehead atoms. The molecule has 0 spiro atoms. The van der Waals surface area contributed by atoms with Gasteiger partial charge in [-0.3, -0.25) is 9.78 Å². The number of aromatic nitrogens is 5. The lowest BCUT2D eigenvalue weighted by Crippen LogP contribution is -2.04. The van der Waals surface area contributed by atoms with Crippen LogP contribution in [-0.4, -0.2) is 31.0 Å². The predicted molar refractivity (Wildman–Crippen MR) is 84.8 cm³/mol. The molecule has 0 saturated carbocycles. The highest BCUT2D eigenvalue weighted by Gasteiger charge is 2.34. The third-order valence-corrected chi connectivity index (χ3v) is 3.94. The molecule has 0 unspecified atom stereocenters. The number of nitrogens with zero attached hydrogens (tertiary/aromatic N) is 5. The van der Waals surface area contributed by atoms with Crippen LogP contribution in [0.25, 0.3) is 22.6 Å². The summed E-state index contributed by atoms with van der Waals surface area (Å²) < 4.78 is 10.4. The van der Waals surface area contributed by atoms with Crippen molar-refractivity contribution in [3.05, 3.63) is 59.5 Å². The third kappa shape index (κ3) is 2.08. The number of ketones is 1. The smallest absolute Gasteiger partial charge is 0.244 e. The van der Waals surface area contributed by atoms with Crippen molar-refractivity contribution in [2.75, 3.05) is 0 Å². The minimum Gasteiger partial charge on any atom is -0.487 e. The Hall–Kier alpha value is -3.68. The molecule has 0 radical (unpaired) electrons. The molecule has 0 aliphatic heterocycles. The first-order valence-corrected chi connectivity index (χ1v) is 7.52. The van der Waals surface area contributed by atoms with Gasteiger partial charge in [-0.1, -0.05) is 18.2 Å².